The zero-order chi connectivity index (χ0) is 19.1. The number of nitrogens with one attached hydrogen (secondary N) is 2. The molecule has 5 heteroatoms. The lowest BCUT2D eigenvalue weighted by Gasteiger charge is -2.12. The van der Waals surface area contributed by atoms with E-state index in [-0.39, 0.29) is 11.8 Å². The Morgan fingerprint density at radius 1 is 0.885 bits per heavy atom. The van der Waals surface area contributed by atoms with Crippen molar-refractivity contribution in [3.05, 3.63) is 54.1 Å². The van der Waals surface area contributed by atoms with E-state index in [2.05, 4.69) is 24.5 Å². The van der Waals surface area contributed by atoms with Crippen molar-refractivity contribution < 1.29 is 9.59 Å². The Labute approximate surface area is 159 Å². The van der Waals surface area contributed by atoms with E-state index in [9.17, 15) is 9.59 Å². The van der Waals surface area contributed by atoms with Crippen LogP contribution in [0.25, 0.3) is 0 Å². The second-order valence-corrected chi connectivity index (χ2v) is 8.46. The fourth-order valence-corrected chi connectivity index (χ4v) is 3.38. The molecular weight excluding hydrogens is 344 g/mol. The maximum atomic E-state index is 12.6. The average Bonchev–Trinajstić information content (AvgIpc) is 2.55. The highest BCUT2D eigenvalue weighted by Crippen LogP contribution is 2.27. The Hall–Kier alpha value is -2.27. The third-order valence-corrected chi connectivity index (χ3v) is 4.60. The number of anilines is 2. The first-order valence-corrected chi connectivity index (χ1v) is 9.70. The average molecular weight is 371 g/mol. The van der Waals surface area contributed by atoms with Gasteiger partial charge in [0, 0.05) is 27.9 Å². The zero-order valence-corrected chi connectivity index (χ0v) is 16.5. The van der Waals surface area contributed by atoms with Crippen LogP contribution in [0.4, 0.5) is 11.4 Å². The van der Waals surface area contributed by atoms with Crippen LogP contribution in [0, 0.1) is 5.92 Å². The fourth-order valence-electron chi connectivity index (χ4n) is 2.43. The molecule has 2 aromatic rings. The molecule has 2 aromatic carbocycles. The van der Waals surface area contributed by atoms with Gasteiger partial charge in [0.05, 0.1) is 5.56 Å². The molecule has 0 spiro atoms. The first-order valence-electron chi connectivity index (χ1n) is 8.82. The van der Waals surface area contributed by atoms with E-state index >= 15 is 0 Å². The van der Waals surface area contributed by atoms with Crippen LogP contribution >= 0.6 is 11.8 Å². The second kappa shape index (κ2) is 9.43. The quantitative estimate of drug-likeness (QED) is 0.640. The molecule has 26 heavy (non-hydrogen) atoms. The Bertz CT molecular complexity index is 755. The molecule has 4 nitrogen and oxygen atoms in total. The van der Waals surface area contributed by atoms with Crippen molar-refractivity contribution in [3.63, 3.8) is 0 Å². The molecule has 0 aromatic heterocycles. The lowest BCUT2D eigenvalue weighted by molar-refractivity contribution is -0.116. The van der Waals surface area contributed by atoms with E-state index in [1.807, 2.05) is 38.1 Å². The van der Waals surface area contributed by atoms with Crippen LogP contribution in [0.5, 0.6) is 0 Å². The highest BCUT2D eigenvalue weighted by atomic mass is 32.2. The summed E-state index contributed by atoms with van der Waals surface area (Å²) in [7, 11) is 0. The van der Waals surface area contributed by atoms with Crippen LogP contribution in [0.15, 0.2) is 53.4 Å². The summed E-state index contributed by atoms with van der Waals surface area (Å²) in [6.45, 7) is 8.22. The molecule has 0 aliphatic carbocycles. The molecule has 0 unspecified atom stereocenters. The summed E-state index contributed by atoms with van der Waals surface area (Å²) in [5, 5.41) is 6.18. The van der Waals surface area contributed by atoms with Gasteiger partial charge in [-0.25, -0.2) is 0 Å². The molecule has 138 valence electrons. The summed E-state index contributed by atoms with van der Waals surface area (Å²) in [6.07, 6.45) is 0.489. The molecule has 0 fully saturated rings. The van der Waals surface area contributed by atoms with Gasteiger partial charge in [0.25, 0.3) is 5.91 Å². The third kappa shape index (κ3) is 6.23. The van der Waals surface area contributed by atoms with Gasteiger partial charge in [0.1, 0.15) is 0 Å². The Morgan fingerprint density at radius 2 is 1.46 bits per heavy atom. The topological polar surface area (TPSA) is 58.2 Å². The van der Waals surface area contributed by atoms with E-state index in [0.29, 0.717) is 28.8 Å². The summed E-state index contributed by atoms with van der Waals surface area (Å²) < 4.78 is 0. The molecule has 2 N–H and O–H groups in total. The molecule has 0 aliphatic rings. The normalized spacial score (nSPS) is 10.8. The fraction of sp³-hybridized carbons (Fsp3) is 0.333. The zero-order valence-electron chi connectivity index (χ0n) is 15.7. The number of thioether (sulfide) groups is 1. The number of rotatable bonds is 7. The van der Waals surface area contributed by atoms with Crippen molar-refractivity contribution in [1.29, 1.82) is 0 Å². The molecule has 2 amide bonds. The minimum atomic E-state index is -0.134. The molecule has 0 saturated carbocycles. The monoisotopic (exact) mass is 370 g/mol. The van der Waals surface area contributed by atoms with Crippen LogP contribution in [0.3, 0.4) is 0 Å². The lowest BCUT2D eigenvalue weighted by Crippen LogP contribution is -2.15. The minimum absolute atomic E-state index is 0.00331. The van der Waals surface area contributed by atoms with E-state index in [4.69, 9.17) is 0 Å². The Balaban J connectivity index is 2.03. The summed E-state index contributed by atoms with van der Waals surface area (Å²) in [4.78, 5) is 25.4. The van der Waals surface area contributed by atoms with Gasteiger partial charge in [-0.05, 0) is 42.3 Å². The maximum absolute atomic E-state index is 12.6. The standard InChI is InChI=1S/C21H26N2O2S/c1-14(2)13-20(24)22-16-9-11-17(12-10-16)23-21(25)18-7-5-6-8-19(18)26-15(3)4/h5-12,14-15H,13H2,1-4H3,(H,22,24)(H,23,25). The summed E-state index contributed by atoms with van der Waals surface area (Å²) in [5.41, 5.74) is 2.09. The van der Waals surface area contributed by atoms with Crippen molar-refractivity contribution in [2.45, 2.75) is 44.3 Å². The van der Waals surface area contributed by atoms with E-state index in [1.54, 1.807) is 36.0 Å². The number of carbonyl (C=O) groups excluding carboxylic acids is 2. The predicted molar refractivity (Wildman–Crippen MR) is 110 cm³/mol. The molecule has 2 rings (SSSR count). The molecule has 0 saturated heterocycles. The molecule has 0 radical (unpaired) electrons. The molecule has 0 aliphatic heterocycles. The van der Waals surface area contributed by atoms with Gasteiger partial charge in [-0.1, -0.05) is 39.8 Å². The number of hydrogen-bond donors (Lipinski definition) is 2. The summed E-state index contributed by atoms with van der Waals surface area (Å²) in [5.74, 6) is 0.180. The number of hydrogen-bond acceptors (Lipinski definition) is 3. The van der Waals surface area contributed by atoms with E-state index in [0.717, 1.165) is 10.6 Å². The molecule has 0 bridgehead atoms. The van der Waals surface area contributed by atoms with Gasteiger partial charge in [-0.3, -0.25) is 9.59 Å². The van der Waals surface area contributed by atoms with Gasteiger partial charge < -0.3 is 10.6 Å². The SMILES string of the molecule is CC(C)CC(=O)Nc1ccc(NC(=O)c2ccccc2SC(C)C)cc1. The minimum Gasteiger partial charge on any atom is -0.326 e. The second-order valence-electron chi connectivity index (χ2n) is 6.84. The maximum Gasteiger partial charge on any atom is 0.256 e. The summed E-state index contributed by atoms with van der Waals surface area (Å²) >= 11 is 1.67. The van der Waals surface area contributed by atoms with Crippen molar-refractivity contribution >= 4 is 35.0 Å². The molecule has 0 heterocycles. The van der Waals surface area contributed by atoms with Crippen LogP contribution in [0.2, 0.25) is 0 Å². The number of carbonyl (C=O) groups is 2. The highest BCUT2D eigenvalue weighted by molar-refractivity contribution is 8.00. The van der Waals surface area contributed by atoms with E-state index < -0.39 is 0 Å². The van der Waals surface area contributed by atoms with Gasteiger partial charge >= 0.3 is 0 Å². The first-order chi connectivity index (χ1) is 12.3. The van der Waals surface area contributed by atoms with Gasteiger partial charge in [-0.2, -0.15) is 0 Å². The number of benzene rings is 2. The van der Waals surface area contributed by atoms with Crippen molar-refractivity contribution in [3.8, 4) is 0 Å². The van der Waals surface area contributed by atoms with Crippen molar-refractivity contribution in [2.75, 3.05) is 10.6 Å². The largest absolute Gasteiger partial charge is 0.326 e. The Kier molecular flexibility index (Phi) is 7.27. The smallest absolute Gasteiger partial charge is 0.256 e. The van der Waals surface area contributed by atoms with Gasteiger partial charge in [0.2, 0.25) is 5.91 Å². The van der Waals surface area contributed by atoms with Crippen molar-refractivity contribution in [1.82, 2.24) is 0 Å². The van der Waals surface area contributed by atoms with Crippen LogP contribution in [-0.4, -0.2) is 17.1 Å². The van der Waals surface area contributed by atoms with Crippen LogP contribution in [0.1, 0.15) is 44.5 Å². The predicted octanol–water partition coefficient (Wildman–Crippen LogP) is 5.42. The highest BCUT2D eigenvalue weighted by Gasteiger charge is 2.13. The van der Waals surface area contributed by atoms with Gasteiger partial charge in [-0.15, -0.1) is 11.8 Å². The van der Waals surface area contributed by atoms with Crippen molar-refractivity contribution in [2.24, 2.45) is 5.92 Å². The third-order valence-electron chi connectivity index (χ3n) is 3.51. The number of amides is 2. The molecular formula is C21H26N2O2S. The van der Waals surface area contributed by atoms with Crippen LogP contribution < -0.4 is 10.6 Å². The summed E-state index contributed by atoms with van der Waals surface area (Å²) in [6, 6.07) is 14.8. The van der Waals surface area contributed by atoms with Gasteiger partial charge in [0.15, 0.2) is 0 Å². The first kappa shape index (κ1) is 20.0. The molecule has 0 atom stereocenters. The lowest BCUT2D eigenvalue weighted by atomic mass is 10.1. The van der Waals surface area contributed by atoms with E-state index in [1.165, 1.54) is 0 Å². The Morgan fingerprint density at radius 3 is 2.04 bits per heavy atom. The van der Waals surface area contributed by atoms with Crippen LogP contribution in [-0.2, 0) is 4.79 Å².